The second kappa shape index (κ2) is 7.18. The van der Waals surface area contributed by atoms with Crippen molar-refractivity contribution in [2.45, 2.75) is 18.6 Å². The van der Waals surface area contributed by atoms with E-state index >= 15 is 0 Å². The van der Waals surface area contributed by atoms with Gasteiger partial charge in [-0.2, -0.15) is 0 Å². The van der Waals surface area contributed by atoms with E-state index in [9.17, 15) is 17.6 Å². The van der Waals surface area contributed by atoms with Crippen molar-refractivity contribution in [1.29, 1.82) is 0 Å². The fourth-order valence-electron chi connectivity index (χ4n) is 4.05. The number of piperazine rings is 1. The number of anilines is 1. The van der Waals surface area contributed by atoms with Gasteiger partial charge in [0.2, 0.25) is 5.91 Å². The van der Waals surface area contributed by atoms with Crippen LogP contribution in [0.3, 0.4) is 0 Å². The van der Waals surface area contributed by atoms with Crippen LogP contribution in [-0.4, -0.2) is 56.5 Å². The molecule has 2 aliphatic rings. The Labute approximate surface area is 163 Å². The smallest absolute Gasteiger partial charge is 0.241 e. The van der Waals surface area contributed by atoms with Gasteiger partial charge in [0.15, 0.2) is 9.84 Å². The molecule has 2 atom stereocenters. The third-order valence-corrected chi connectivity index (χ3v) is 7.08. The Balaban J connectivity index is 1.66. The number of benzene rings is 2. The number of halogens is 1. The van der Waals surface area contributed by atoms with E-state index in [1.165, 1.54) is 6.07 Å². The Kier molecular flexibility index (Phi) is 4.84. The summed E-state index contributed by atoms with van der Waals surface area (Å²) < 4.78 is 44.0. The molecule has 0 radical (unpaired) electrons. The molecule has 0 saturated carbocycles. The number of ether oxygens (including phenoxy) is 1. The number of hydrogen-bond donors (Lipinski definition) is 0. The molecule has 0 aliphatic carbocycles. The molecule has 2 aromatic carbocycles. The first-order valence-electron chi connectivity index (χ1n) is 9.02. The van der Waals surface area contributed by atoms with Gasteiger partial charge >= 0.3 is 0 Å². The van der Waals surface area contributed by atoms with Crippen molar-refractivity contribution in [3.05, 3.63) is 59.9 Å². The molecule has 148 valence electrons. The van der Waals surface area contributed by atoms with Crippen LogP contribution in [0.25, 0.3) is 0 Å². The number of methoxy groups -OCH3 is 1. The van der Waals surface area contributed by atoms with Crippen LogP contribution in [0.5, 0.6) is 5.75 Å². The van der Waals surface area contributed by atoms with Crippen LogP contribution in [0.1, 0.15) is 5.56 Å². The van der Waals surface area contributed by atoms with Crippen LogP contribution in [0.4, 0.5) is 10.1 Å². The average Bonchev–Trinajstić information content (AvgIpc) is 2.99. The SMILES string of the molecule is COc1ccc(N2C(=O)CN(Cc3ccccc3F)[C@@H]3CS(=O)(=O)C[C@@H]32)cc1. The zero-order valence-electron chi connectivity index (χ0n) is 15.4. The Morgan fingerprint density at radius 3 is 2.43 bits per heavy atom. The molecule has 0 spiro atoms. The van der Waals surface area contributed by atoms with Gasteiger partial charge in [-0.25, -0.2) is 12.8 Å². The molecule has 0 unspecified atom stereocenters. The lowest BCUT2D eigenvalue weighted by Crippen LogP contribution is -2.61. The number of amides is 1. The van der Waals surface area contributed by atoms with Crippen LogP contribution >= 0.6 is 0 Å². The highest BCUT2D eigenvalue weighted by atomic mass is 32.2. The summed E-state index contributed by atoms with van der Waals surface area (Å²) in [7, 11) is -1.74. The predicted molar refractivity (Wildman–Crippen MR) is 104 cm³/mol. The van der Waals surface area contributed by atoms with E-state index in [1.54, 1.807) is 59.4 Å². The summed E-state index contributed by atoms with van der Waals surface area (Å²) in [5.41, 5.74) is 1.10. The zero-order valence-corrected chi connectivity index (χ0v) is 16.2. The van der Waals surface area contributed by atoms with E-state index in [0.717, 1.165) is 0 Å². The number of carbonyl (C=O) groups excluding carboxylic acids is 1. The molecule has 2 aliphatic heterocycles. The normalized spacial score (nSPS) is 24.2. The summed E-state index contributed by atoms with van der Waals surface area (Å²) >= 11 is 0. The molecule has 4 rings (SSSR count). The summed E-state index contributed by atoms with van der Waals surface area (Å²) in [4.78, 5) is 16.3. The number of fused-ring (bicyclic) bond motifs is 1. The summed E-state index contributed by atoms with van der Waals surface area (Å²) in [5, 5.41) is 0. The highest BCUT2D eigenvalue weighted by Gasteiger charge is 2.49. The maximum atomic E-state index is 14.1. The van der Waals surface area contributed by atoms with Gasteiger partial charge in [0.25, 0.3) is 0 Å². The molecular formula is C20H21FN2O4S. The van der Waals surface area contributed by atoms with Crippen molar-refractivity contribution < 1.29 is 22.3 Å². The van der Waals surface area contributed by atoms with Crippen molar-refractivity contribution >= 4 is 21.4 Å². The number of rotatable bonds is 4. The lowest BCUT2D eigenvalue weighted by molar-refractivity contribution is -0.123. The molecule has 1 amide bonds. The molecule has 2 aromatic rings. The molecule has 2 saturated heterocycles. The second-order valence-electron chi connectivity index (χ2n) is 7.17. The third kappa shape index (κ3) is 3.49. The van der Waals surface area contributed by atoms with E-state index in [-0.39, 0.29) is 42.4 Å². The summed E-state index contributed by atoms with van der Waals surface area (Å²) in [6.45, 7) is 0.239. The van der Waals surface area contributed by atoms with Gasteiger partial charge in [0.1, 0.15) is 11.6 Å². The van der Waals surface area contributed by atoms with E-state index in [0.29, 0.717) is 17.0 Å². The maximum Gasteiger partial charge on any atom is 0.241 e. The highest BCUT2D eigenvalue weighted by Crippen LogP contribution is 2.33. The predicted octanol–water partition coefficient (Wildman–Crippen LogP) is 1.85. The number of nitrogens with zero attached hydrogens (tertiary/aromatic N) is 2. The van der Waals surface area contributed by atoms with Gasteiger partial charge < -0.3 is 9.64 Å². The molecule has 0 N–H and O–H groups in total. The minimum atomic E-state index is -3.30. The Hall–Kier alpha value is -2.45. The van der Waals surface area contributed by atoms with Crippen LogP contribution in [0, 0.1) is 5.82 Å². The molecule has 2 heterocycles. The Morgan fingerprint density at radius 2 is 1.75 bits per heavy atom. The Bertz CT molecular complexity index is 994. The largest absolute Gasteiger partial charge is 0.497 e. The number of hydrogen-bond acceptors (Lipinski definition) is 5. The van der Waals surface area contributed by atoms with Gasteiger partial charge in [-0.15, -0.1) is 0 Å². The standard InChI is InChI=1S/C20H21FN2O4S/c1-27-16-8-6-15(7-9-16)23-19-13-28(25,26)12-18(19)22(11-20(23)24)10-14-4-2-3-5-17(14)21/h2-9,18-19H,10-13H2,1H3/t18-,19+/m1/s1. The summed E-state index contributed by atoms with van der Waals surface area (Å²) in [6, 6.07) is 12.5. The minimum Gasteiger partial charge on any atom is -0.497 e. The molecule has 6 nitrogen and oxygen atoms in total. The summed E-state index contributed by atoms with van der Waals surface area (Å²) in [6.07, 6.45) is 0. The highest BCUT2D eigenvalue weighted by molar-refractivity contribution is 7.91. The van der Waals surface area contributed by atoms with Gasteiger partial charge in [-0.3, -0.25) is 9.69 Å². The Morgan fingerprint density at radius 1 is 1.07 bits per heavy atom. The number of sulfone groups is 1. The topological polar surface area (TPSA) is 66.9 Å². The van der Waals surface area contributed by atoms with Crippen LogP contribution in [-0.2, 0) is 21.2 Å². The van der Waals surface area contributed by atoms with E-state index < -0.39 is 15.9 Å². The maximum absolute atomic E-state index is 14.1. The minimum absolute atomic E-state index is 0.0357. The van der Waals surface area contributed by atoms with Gasteiger partial charge in [-0.05, 0) is 30.3 Å². The molecule has 0 bridgehead atoms. The third-order valence-electron chi connectivity index (χ3n) is 5.38. The van der Waals surface area contributed by atoms with Crippen LogP contribution in [0.2, 0.25) is 0 Å². The first-order valence-corrected chi connectivity index (χ1v) is 10.8. The molecule has 0 aromatic heterocycles. The molecule has 2 fully saturated rings. The average molecular weight is 404 g/mol. The van der Waals surface area contributed by atoms with E-state index in [4.69, 9.17) is 4.74 Å². The van der Waals surface area contributed by atoms with Crippen molar-refractivity contribution in [3.8, 4) is 5.75 Å². The lowest BCUT2D eigenvalue weighted by atomic mass is 10.0. The first-order chi connectivity index (χ1) is 13.4. The van der Waals surface area contributed by atoms with Gasteiger partial charge in [0.05, 0.1) is 31.2 Å². The van der Waals surface area contributed by atoms with Gasteiger partial charge in [0, 0.05) is 23.8 Å². The zero-order chi connectivity index (χ0) is 19.9. The van der Waals surface area contributed by atoms with Crippen molar-refractivity contribution in [1.82, 2.24) is 4.90 Å². The van der Waals surface area contributed by atoms with Crippen LogP contribution < -0.4 is 9.64 Å². The van der Waals surface area contributed by atoms with Crippen LogP contribution in [0.15, 0.2) is 48.5 Å². The summed E-state index contributed by atoms with van der Waals surface area (Å²) in [5.74, 6) is -0.0234. The fourth-order valence-corrected chi connectivity index (χ4v) is 6.04. The van der Waals surface area contributed by atoms with Crippen molar-refractivity contribution in [2.75, 3.05) is 30.1 Å². The molecule has 8 heteroatoms. The number of carbonyl (C=O) groups is 1. The van der Waals surface area contributed by atoms with Crippen molar-refractivity contribution in [2.24, 2.45) is 0 Å². The quantitative estimate of drug-likeness (QED) is 0.778. The monoisotopic (exact) mass is 404 g/mol. The van der Waals surface area contributed by atoms with E-state index in [1.807, 2.05) is 0 Å². The lowest BCUT2D eigenvalue weighted by Gasteiger charge is -2.43. The molecule has 28 heavy (non-hydrogen) atoms. The second-order valence-corrected chi connectivity index (χ2v) is 9.32. The first kappa shape index (κ1) is 18.9. The van der Waals surface area contributed by atoms with Gasteiger partial charge in [-0.1, -0.05) is 18.2 Å². The molecular weight excluding hydrogens is 383 g/mol. The van der Waals surface area contributed by atoms with Crippen molar-refractivity contribution in [3.63, 3.8) is 0 Å². The fraction of sp³-hybridized carbons (Fsp3) is 0.350. The van der Waals surface area contributed by atoms with E-state index in [2.05, 4.69) is 0 Å².